The van der Waals surface area contributed by atoms with Crippen LogP contribution in [0.4, 0.5) is 0 Å². The molecule has 0 atom stereocenters. The van der Waals surface area contributed by atoms with Gasteiger partial charge in [0.2, 0.25) is 0 Å². The molecule has 0 radical (unpaired) electrons. The number of allylic oxidation sites excluding steroid dienone is 3. The van der Waals surface area contributed by atoms with Gasteiger partial charge >= 0.3 is 0 Å². The molecule has 0 aromatic carbocycles. The highest BCUT2D eigenvalue weighted by molar-refractivity contribution is 6.32. The molecule has 98 valence electrons. The van der Waals surface area contributed by atoms with Crippen LogP contribution in [0.2, 0.25) is 0 Å². The molecule has 0 unspecified atom stereocenters. The van der Waals surface area contributed by atoms with Crippen LogP contribution in [-0.4, -0.2) is 36.4 Å². The van der Waals surface area contributed by atoms with Gasteiger partial charge in [-0.15, -0.1) is 0 Å². The topological polar surface area (TPSA) is 29.5 Å². The number of rotatable bonds is 2. The van der Waals surface area contributed by atoms with Crippen LogP contribution in [0.25, 0.3) is 0 Å². The summed E-state index contributed by atoms with van der Waals surface area (Å²) >= 11 is 5.94. The Balaban J connectivity index is 2.31. The molecular weight excluding hydrogens is 250 g/mol. The number of ether oxygens (including phenoxy) is 1. The maximum absolute atomic E-state index is 12.2. The first-order valence-corrected chi connectivity index (χ1v) is 6.47. The van der Waals surface area contributed by atoms with Gasteiger partial charge in [0.25, 0.3) is 0 Å². The second-order valence-electron chi connectivity index (χ2n) is 5.04. The van der Waals surface area contributed by atoms with Gasteiger partial charge in [-0.2, -0.15) is 0 Å². The Labute approximate surface area is 113 Å². The summed E-state index contributed by atoms with van der Waals surface area (Å²) in [5.74, 6) is 0.463. The van der Waals surface area contributed by atoms with Gasteiger partial charge in [0.15, 0.2) is 5.78 Å². The fraction of sp³-hybridized carbons (Fsp3) is 0.500. The number of nitrogens with zero attached hydrogens (tertiary/aromatic N) is 1. The van der Waals surface area contributed by atoms with Crippen molar-refractivity contribution in [3.8, 4) is 0 Å². The predicted octanol–water partition coefficient (Wildman–Crippen LogP) is 2.63. The average Bonchev–Trinajstić information content (AvgIpc) is 2.32. The monoisotopic (exact) mass is 267 g/mol. The summed E-state index contributed by atoms with van der Waals surface area (Å²) < 4.78 is 6.03. The van der Waals surface area contributed by atoms with Gasteiger partial charge < -0.3 is 9.64 Å². The van der Waals surface area contributed by atoms with Gasteiger partial charge in [-0.3, -0.25) is 4.79 Å². The largest absolute Gasteiger partial charge is 0.484 e. The van der Waals surface area contributed by atoms with Gasteiger partial charge in [0.1, 0.15) is 11.4 Å². The molecule has 1 spiro atoms. The van der Waals surface area contributed by atoms with Crippen molar-refractivity contribution in [2.45, 2.75) is 24.9 Å². The van der Waals surface area contributed by atoms with Crippen molar-refractivity contribution >= 4 is 17.4 Å². The maximum Gasteiger partial charge on any atom is 0.170 e. The van der Waals surface area contributed by atoms with Crippen molar-refractivity contribution < 1.29 is 9.53 Å². The molecule has 0 amide bonds. The van der Waals surface area contributed by atoms with Crippen LogP contribution in [-0.2, 0) is 9.53 Å². The highest BCUT2D eigenvalue weighted by Gasteiger charge is 2.43. The van der Waals surface area contributed by atoms with Crippen molar-refractivity contribution in [2.24, 2.45) is 0 Å². The molecule has 0 N–H and O–H groups in total. The van der Waals surface area contributed by atoms with Crippen LogP contribution in [0.3, 0.4) is 0 Å². The normalized spacial score (nSPS) is 24.0. The molecular formula is C14H18ClNO2. The fourth-order valence-electron chi connectivity index (χ4n) is 2.53. The fourth-order valence-corrected chi connectivity index (χ4v) is 2.68. The third-order valence-corrected chi connectivity index (χ3v) is 3.87. The molecule has 0 aromatic rings. The molecule has 1 fully saturated rings. The highest BCUT2D eigenvalue weighted by Crippen LogP contribution is 2.40. The van der Waals surface area contributed by atoms with Crippen molar-refractivity contribution in [1.82, 2.24) is 4.90 Å². The molecule has 2 aliphatic heterocycles. The van der Waals surface area contributed by atoms with Crippen LogP contribution in [0.1, 0.15) is 19.3 Å². The number of Topliss-reactive ketones (excluding diaryl/α,β-unsaturated/α-hetero) is 1. The lowest BCUT2D eigenvalue weighted by molar-refractivity contribution is -0.128. The maximum atomic E-state index is 12.2. The summed E-state index contributed by atoms with van der Waals surface area (Å²) in [6.45, 7) is 9.18. The summed E-state index contributed by atoms with van der Waals surface area (Å²) in [6.07, 6.45) is 3.60. The zero-order valence-corrected chi connectivity index (χ0v) is 11.4. The SMILES string of the molecule is C=CC1=C(C(=C)Cl)OC2(CCN(C)CC2)CC1=O. The summed E-state index contributed by atoms with van der Waals surface area (Å²) in [6, 6.07) is 0. The molecule has 0 aromatic heterocycles. The molecule has 18 heavy (non-hydrogen) atoms. The third kappa shape index (κ3) is 2.38. The van der Waals surface area contributed by atoms with E-state index < -0.39 is 5.60 Å². The Bertz CT molecular complexity index is 431. The molecule has 0 bridgehead atoms. The number of piperidine rings is 1. The van der Waals surface area contributed by atoms with E-state index in [9.17, 15) is 4.79 Å². The molecule has 2 rings (SSSR count). The van der Waals surface area contributed by atoms with Gasteiger partial charge in [-0.25, -0.2) is 0 Å². The zero-order valence-electron chi connectivity index (χ0n) is 10.7. The first-order chi connectivity index (χ1) is 8.47. The van der Waals surface area contributed by atoms with Crippen molar-refractivity contribution in [3.05, 3.63) is 35.6 Å². The second-order valence-corrected chi connectivity index (χ2v) is 5.50. The Morgan fingerprint density at radius 1 is 1.50 bits per heavy atom. The number of hydrogen-bond donors (Lipinski definition) is 0. The molecule has 1 saturated heterocycles. The first-order valence-electron chi connectivity index (χ1n) is 6.10. The minimum atomic E-state index is -0.400. The summed E-state index contributed by atoms with van der Waals surface area (Å²) in [5, 5.41) is 0.274. The van der Waals surface area contributed by atoms with Crippen LogP contribution in [0, 0.1) is 0 Å². The van der Waals surface area contributed by atoms with E-state index in [-0.39, 0.29) is 10.8 Å². The van der Waals surface area contributed by atoms with Gasteiger partial charge in [-0.1, -0.05) is 30.8 Å². The Kier molecular flexibility index (Phi) is 3.64. The molecule has 2 aliphatic rings. The van der Waals surface area contributed by atoms with Gasteiger partial charge in [-0.05, 0) is 7.05 Å². The molecule has 0 aliphatic carbocycles. The van der Waals surface area contributed by atoms with Crippen LogP contribution in [0.15, 0.2) is 35.6 Å². The summed E-state index contributed by atoms with van der Waals surface area (Å²) in [4.78, 5) is 14.4. The van der Waals surface area contributed by atoms with Crippen LogP contribution in [0.5, 0.6) is 0 Å². The quantitative estimate of drug-likeness (QED) is 0.770. The number of carbonyl (C=O) groups excluding carboxylic acids is 1. The zero-order chi connectivity index (χ0) is 13.3. The van der Waals surface area contributed by atoms with Crippen molar-refractivity contribution in [1.29, 1.82) is 0 Å². The highest BCUT2D eigenvalue weighted by atomic mass is 35.5. The molecule has 0 saturated carbocycles. The van der Waals surface area contributed by atoms with E-state index >= 15 is 0 Å². The number of halogens is 1. The van der Waals surface area contributed by atoms with Gasteiger partial charge in [0, 0.05) is 25.9 Å². The number of carbonyl (C=O) groups is 1. The summed E-state index contributed by atoms with van der Waals surface area (Å²) in [7, 11) is 2.07. The number of ketones is 1. The predicted molar refractivity (Wildman–Crippen MR) is 72.4 cm³/mol. The Morgan fingerprint density at radius 2 is 2.11 bits per heavy atom. The van der Waals surface area contributed by atoms with E-state index in [1.54, 1.807) is 0 Å². The minimum absolute atomic E-state index is 0.0533. The van der Waals surface area contributed by atoms with Crippen LogP contribution >= 0.6 is 11.6 Å². The summed E-state index contributed by atoms with van der Waals surface area (Å²) in [5.41, 5.74) is 0.0584. The van der Waals surface area contributed by atoms with E-state index in [1.165, 1.54) is 6.08 Å². The van der Waals surface area contributed by atoms with E-state index in [0.29, 0.717) is 17.8 Å². The van der Waals surface area contributed by atoms with Crippen molar-refractivity contribution in [3.63, 3.8) is 0 Å². The van der Waals surface area contributed by atoms with Gasteiger partial charge in [0.05, 0.1) is 17.0 Å². The standard InChI is InChI=1S/C14H18ClNO2/c1-4-11-12(17)9-14(18-13(11)10(2)15)5-7-16(3)8-6-14/h4H,1-2,5-9H2,3H3. The minimum Gasteiger partial charge on any atom is -0.484 e. The molecule has 2 heterocycles. The lowest BCUT2D eigenvalue weighted by Gasteiger charge is -2.43. The van der Waals surface area contributed by atoms with E-state index in [4.69, 9.17) is 16.3 Å². The number of likely N-dealkylation sites (tertiary alicyclic amines) is 1. The van der Waals surface area contributed by atoms with E-state index in [0.717, 1.165) is 25.9 Å². The third-order valence-electron chi connectivity index (χ3n) is 3.70. The van der Waals surface area contributed by atoms with E-state index in [1.807, 2.05) is 0 Å². The lowest BCUT2D eigenvalue weighted by Crippen LogP contribution is -2.48. The Hall–Kier alpha value is -1.06. The second kappa shape index (κ2) is 4.90. The molecule has 3 nitrogen and oxygen atoms in total. The van der Waals surface area contributed by atoms with Crippen molar-refractivity contribution in [2.75, 3.05) is 20.1 Å². The molecule has 4 heteroatoms. The first kappa shape index (κ1) is 13.4. The average molecular weight is 268 g/mol. The smallest absolute Gasteiger partial charge is 0.170 e. The van der Waals surface area contributed by atoms with E-state index in [2.05, 4.69) is 25.1 Å². The number of hydrogen-bond acceptors (Lipinski definition) is 3. The Morgan fingerprint density at radius 3 is 2.61 bits per heavy atom. The lowest BCUT2D eigenvalue weighted by atomic mass is 9.82. The van der Waals surface area contributed by atoms with Crippen LogP contribution < -0.4 is 0 Å².